The summed E-state index contributed by atoms with van der Waals surface area (Å²) >= 11 is 3.40. The summed E-state index contributed by atoms with van der Waals surface area (Å²) in [4.78, 5) is 0. The Morgan fingerprint density at radius 3 is 2.79 bits per heavy atom. The van der Waals surface area contributed by atoms with E-state index in [1.165, 1.54) is 6.07 Å². The number of benzene rings is 2. The second-order valence-electron chi connectivity index (χ2n) is 4.01. The molecular weight excluding hydrogens is 311 g/mol. The molecule has 100 valence electrons. The zero-order valence-electron chi connectivity index (χ0n) is 10.4. The Morgan fingerprint density at radius 1 is 1.32 bits per heavy atom. The molecule has 0 aliphatic rings. The topological polar surface area (TPSA) is 47.3 Å². The van der Waals surface area contributed by atoms with Crippen LogP contribution in [-0.4, -0.2) is 7.11 Å². The summed E-state index contributed by atoms with van der Waals surface area (Å²) in [6.07, 6.45) is 0. The molecule has 2 aromatic rings. The largest absolute Gasteiger partial charge is 0.496 e. The summed E-state index contributed by atoms with van der Waals surface area (Å²) in [6, 6.07) is 10.3. The Bertz CT molecular complexity index is 569. The number of nitrogens with one attached hydrogen (secondary N) is 1. The fourth-order valence-corrected chi connectivity index (χ4v) is 2.20. The molecule has 3 nitrogen and oxygen atoms in total. The number of para-hydroxylation sites is 1. The average molecular weight is 325 g/mol. The molecule has 3 N–H and O–H groups in total. The number of halogens is 2. The quantitative estimate of drug-likeness (QED) is 0.841. The van der Waals surface area contributed by atoms with Crippen LogP contribution in [0.4, 0.5) is 15.8 Å². The molecule has 0 heterocycles. The highest BCUT2D eigenvalue weighted by molar-refractivity contribution is 9.10. The standard InChI is InChI=1S/C14H14BrFN2O/c1-19-13-6-5-10(15)7-9(13)8-18-14-11(16)3-2-4-12(14)17/h2-7,18H,8,17H2,1H3. The predicted octanol–water partition coefficient (Wildman–Crippen LogP) is 3.79. The smallest absolute Gasteiger partial charge is 0.148 e. The lowest BCUT2D eigenvalue weighted by Gasteiger charge is -2.13. The van der Waals surface area contributed by atoms with Gasteiger partial charge < -0.3 is 15.8 Å². The minimum Gasteiger partial charge on any atom is -0.496 e. The van der Waals surface area contributed by atoms with Crippen LogP contribution in [0.1, 0.15) is 5.56 Å². The van der Waals surface area contributed by atoms with E-state index in [1.54, 1.807) is 19.2 Å². The molecule has 0 atom stereocenters. The van der Waals surface area contributed by atoms with Gasteiger partial charge in [-0.1, -0.05) is 22.0 Å². The van der Waals surface area contributed by atoms with Gasteiger partial charge in [-0.05, 0) is 30.3 Å². The summed E-state index contributed by atoms with van der Waals surface area (Å²) in [6.45, 7) is 0.424. The summed E-state index contributed by atoms with van der Waals surface area (Å²) in [5, 5.41) is 3.00. The first kappa shape index (κ1) is 13.7. The van der Waals surface area contributed by atoms with Gasteiger partial charge in [0.1, 0.15) is 11.6 Å². The minimum absolute atomic E-state index is 0.310. The Kier molecular flexibility index (Phi) is 4.27. The van der Waals surface area contributed by atoms with E-state index in [2.05, 4.69) is 21.2 Å². The van der Waals surface area contributed by atoms with Crippen LogP contribution >= 0.6 is 15.9 Å². The first-order valence-corrected chi connectivity index (χ1v) is 6.51. The highest BCUT2D eigenvalue weighted by Crippen LogP contribution is 2.26. The van der Waals surface area contributed by atoms with E-state index in [9.17, 15) is 4.39 Å². The Balaban J connectivity index is 2.21. The van der Waals surface area contributed by atoms with Crippen LogP contribution in [0.15, 0.2) is 40.9 Å². The van der Waals surface area contributed by atoms with Crippen LogP contribution in [0, 0.1) is 5.82 Å². The number of anilines is 2. The molecule has 0 unspecified atom stereocenters. The number of rotatable bonds is 4. The fraction of sp³-hybridized carbons (Fsp3) is 0.143. The van der Waals surface area contributed by atoms with Crippen molar-refractivity contribution in [1.29, 1.82) is 0 Å². The molecule has 5 heteroatoms. The van der Waals surface area contributed by atoms with Crippen molar-refractivity contribution in [2.24, 2.45) is 0 Å². The van der Waals surface area contributed by atoms with E-state index in [-0.39, 0.29) is 5.82 Å². The van der Waals surface area contributed by atoms with Crippen LogP contribution in [-0.2, 0) is 6.54 Å². The lowest BCUT2D eigenvalue weighted by molar-refractivity contribution is 0.410. The molecule has 0 fully saturated rings. The van der Waals surface area contributed by atoms with E-state index >= 15 is 0 Å². The van der Waals surface area contributed by atoms with Crippen molar-refractivity contribution in [3.63, 3.8) is 0 Å². The molecule has 2 aromatic carbocycles. The van der Waals surface area contributed by atoms with Crippen LogP contribution in [0.3, 0.4) is 0 Å². The molecule has 0 bridgehead atoms. The van der Waals surface area contributed by atoms with Gasteiger partial charge in [0.05, 0.1) is 18.5 Å². The molecule has 19 heavy (non-hydrogen) atoms. The van der Waals surface area contributed by atoms with Gasteiger partial charge in [-0.2, -0.15) is 0 Å². The second-order valence-corrected chi connectivity index (χ2v) is 4.93. The number of nitrogen functional groups attached to an aromatic ring is 1. The fourth-order valence-electron chi connectivity index (χ4n) is 1.80. The van der Waals surface area contributed by atoms with Crippen LogP contribution in [0.2, 0.25) is 0 Å². The predicted molar refractivity (Wildman–Crippen MR) is 78.8 cm³/mol. The van der Waals surface area contributed by atoms with Gasteiger partial charge in [-0.15, -0.1) is 0 Å². The van der Waals surface area contributed by atoms with E-state index in [0.717, 1.165) is 15.8 Å². The number of nitrogens with two attached hydrogens (primary N) is 1. The lowest BCUT2D eigenvalue weighted by atomic mass is 10.2. The van der Waals surface area contributed by atoms with E-state index in [1.807, 2.05) is 18.2 Å². The molecular formula is C14H14BrFN2O. The Labute approximate surface area is 119 Å². The maximum absolute atomic E-state index is 13.6. The summed E-state index contributed by atoms with van der Waals surface area (Å²) < 4.78 is 19.8. The molecule has 2 rings (SSSR count). The van der Waals surface area contributed by atoms with Crippen LogP contribution in [0.5, 0.6) is 5.75 Å². The third-order valence-electron chi connectivity index (χ3n) is 2.74. The third-order valence-corrected chi connectivity index (χ3v) is 3.24. The molecule has 0 saturated heterocycles. The number of hydrogen-bond acceptors (Lipinski definition) is 3. The van der Waals surface area contributed by atoms with Crippen molar-refractivity contribution < 1.29 is 9.13 Å². The van der Waals surface area contributed by atoms with Gasteiger partial charge in [-0.25, -0.2) is 4.39 Å². The van der Waals surface area contributed by atoms with Crippen LogP contribution in [0.25, 0.3) is 0 Å². The van der Waals surface area contributed by atoms with Crippen molar-refractivity contribution >= 4 is 27.3 Å². The Morgan fingerprint density at radius 2 is 2.11 bits per heavy atom. The van der Waals surface area contributed by atoms with Crippen molar-refractivity contribution in [2.75, 3.05) is 18.2 Å². The summed E-state index contributed by atoms with van der Waals surface area (Å²) in [5.41, 5.74) is 7.35. The number of hydrogen-bond donors (Lipinski definition) is 2. The van der Waals surface area contributed by atoms with Gasteiger partial charge in [0, 0.05) is 16.6 Å². The third kappa shape index (κ3) is 3.17. The average Bonchev–Trinajstić information content (AvgIpc) is 2.38. The zero-order valence-corrected chi connectivity index (χ0v) is 12.0. The summed E-state index contributed by atoms with van der Waals surface area (Å²) in [7, 11) is 1.60. The molecule has 0 spiro atoms. The summed E-state index contributed by atoms with van der Waals surface area (Å²) in [5.74, 6) is 0.375. The molecule has 0 aliphatic carbocycles. The monoisotopic (exact) mass is 324 g/mol. The maximum Gasteiger partial charge on any atom is 0.148 e. The molecule has 0 saturated carbocycles. The lowest BCUT2D eigenvalue weighted by Crippen LogP contribution is -2.05. The van der Waals surface area contributed by atoms with E-state index in [0.29, 0.717) is 17.9 Å². The second kappa shape index (κ2) is 5.93. The minimum atomic E-state index is -0.367. The Hall–Kier alpha value is -1.75. The van der Waals surface area contributed by atoms with Crippen molar-refractivity contribution in [3.8, 4) is 5.75 Å². The van der Waals surface area contributed by atoms with Gasteiger partial charge >= 0.3 is 0 Å². The highest BCUT2D eigenvalue weighted by Gasteiger charge is 2.08. The highest BCUT2D eigenvalue weighted by atomic mass is 79.9. The van der Waals surface area contributed by atoms with Crippen molar-refractivity contribution in [2.45, 2.75) is 6.54 Å². The maximum atomic E-state index is 13.6. The van der Waals surface area contributed by atoms with E-state index in [4.69, 9.17) is 10.5 Å². The SMILES string of the molecule is COc1ccc(Br)cc1CNc1c(N)cccc1F. The molecule has 0 amide bonds. The molecule has 0 radical (unpaired) electrons. The zero-order chi connectivity index (χ0) is 13.8. The van der Waals surface area contributed by atoms with Crippen molar-refractivity contribution in [1.82, 2.24) is 0 Å². The molecule has 0 aliphatic heterocycles. The number of ether oxygens (including phenoxy) is 1. The first-order chi connectivity index (χ1) is 9.11. The van der Waals surface area contributed by atoms with Gasteiger partial charge in [0.25, 0.3) is 0 Å². The van der Waals surface area contributed by atoms with Crippen molar-refractivity contribution in [3.05, 3.63) is 52.3 Å². The van der Waals surface area contributed by atoms with E-state index < -0.39 is 0 Å². The van der Waals surface area contributed by atoms with Gasteiger partial charge in [-0.3, -0.25) is 0 Å². The number of methoxy groups -OCH3 is 1. The molecule has 0 aromatic heterocycles. The first-order valence-electron chi connectivity index (χ1n) is 5.72. The normalized spacial score (nSPS) is 10.3. The van der Waals surface area contributed by atoms with Gasteiger partial charge in [0.15, 0.2) is 0 Å². The van der Waals surface area contributed by atoms with Crippen LogP contribution < -0.4 is 15.8 Å². The van der Waals surface area contributed by atoms with Gasteiger partial charge in [0.2, 0.25) is 0 Å².